The van der Waals surface area contributed by atoms with Crippen molar-refractivity contribution in [2.75, 3.05) is 11.9 Å². The summed E-state index contributed by atoms with van der Waals surface area (Å²) >= 11 is 6.22. The number of hydrogen-bond donors (Lipinski definition) is 1. The second-order valence-electron chi connectivity index (χ2n) is 7.04. The lowest BCUT2D eigenvalue weighted by Gasteiger charge is -2.22. The Bertz CT molecular complexity index is 929. The van der Waals surface area contributed by atoms with Crippen LogP contribution in [0.1, 0.15) is 55.3 Å². The van der Waals surface area contributed by atoms with Crippen LogP contribution in [0.5, 0.6) is 0 Å². The summed E-state index contributed by atoms with van der Waals surface area (Å²) in [5, 5.41) is 9.98. The molecule has 1 unspecified atom stereocenters. The molecule has 2 aliphatic rings. The minimum Gasteiger partial charge on any atom is -0.384 e. The van der Waals surface area contributed by atoms with Gasteiger partial charge in [-0.05, 0) is 36.6 Å². The van der Waals surface area contributed by atoms with Gasteiger partial charge in [0.05, 0.1) is 23.3 Å². The maximum atomic E-state index is 6.22. The molecule has 0 bridgehead atoms. The molecule has 1 atom stereocenters. The molecule has 1 aromatic carbocycles. The van der Waals surface area contributed by atoms with E-state index < -0.39 is 0 Å². The molecule has 6 heteroatoms. The van der Waals surface area contributed by atoms with Crippen LogP contribution in [-0.4, -0.2) is 26.3 Å². The van der Waals surface area contributed by atoms with Gasteiger partial charge < -0.3 is 5.32 Å². The quantitative estimate of drug-likeness (QED) is 0.734. The second kappa shape index (κ2) is 5.99. The normalized spacial score (nSPS) is 20.6. The van der Waals surface area contributed by atoms with Gasteiger partial charge in [0, 0.05) is 23.2 Å². The van der Waals surface area contributed by atoms with Crippen molar-refractivity contribution in [3.8, 4) is 0 Å². The summed E-state index contributed by atoms with van der Waals surface area (Å²) in [5.74, 6) is 0.184. The molecule has 0 radical (unpaired) electrons. The molecule has 5 rings (SSSR count). The molecule has 2 aromatic heterocycles. The topological polar surface area (TPSA) is 55.6 Å². The highest BCUT2D eigenvalue weighted by atomic mass is 35.5. The van der Waals surface area contributed by atoms with E-state index in [2.05, 4.69) is 20.0 Å². The van der Waals surface area contributed by atoms with E-state index in [1.807, 2.05) is 24.4 Å². The van der Waals surface area contributed by atoms with Crippen LogP contribution in [0.4, 0.5) is 5.69 Å². The zero-order valence-electron chi connectivity index (χ0n) is 14.0. The molecular weight excluding hydrogens is 334 g/mol. The van der Waals surface area contributed by atoms with E-state index in [1.165, 1.54) is 37.7 Å². The van der Waals surface area contributed by atoms with E-state index in [0.717, 1.165) is 34.0 Å². The summed E-state index contributed by atoms with van der Waals surface area (Å²) in [6.07, 6.45) is 9.91. The lowest BCUT2D eigenvalue weighted by molar-refractivity contribution is 0.336. The van der Waals surface area contributed by atoms with Crippen LogP contribution < -0.4 is 5.32 Å². The van der Waals surface area contributed by atoms with Gasteiger partial charge >= 0.3 is 0 Å². The molecule has 0 spiro atoms. The molecular formula is C19H20ClN5. The van der Waals surface area contributed by atoms with E-state index in [4.69, 9.17) is 16.7 Å². The maximum Gasteiger partial charge on any atom is 0.161 e. The molecule has 1 aliphatic carbocycles. The van der Waals surface area contributed by atoms with E-state index in [1.54, 1.807) is 6.33 Å². The highest BCUT2D eigenvalue weighted by Crippen LogP contribution is 2.39. The van der Waals surface area contributed by atoms with E-state index in [0.29, 0.717) is 6.04 Å². The molecule has 0 amide bonds. The van der Waals surface area contributed by atoms with Crippen molar-refractivity contribution in [2.45, 2.75) is 44.1 Å². The first-order valence-corrected chi connectivity index (χ1v) is 9.40. The third-order valence-electron chi connectivity index (χ3n) is 5.56. The van der Waals surface area contributed by atoms with Crippen molar-refractivity contribution in [3.05, 3.63) is 47.0 Å². The standard InChI is InChI=1S/C19H20ClN5/c20-12-6-7-17-14(8-12)15(9-21-17)18-16-10-24-25(19(16)23-11-22-18)13-4-2-1-3-5-13/h6-8,10-11,13,15,21H,1-5,9H2. The van der Waals surface area contributed by atoms with Gasteiger partial charge in [-0.2, -0.15) is 5.10 Å². The Hall–Kier alpha value is -2.14. The van der Waals surface area contributed by atoms with Crippen LogP contribution >= 0.6 is 11.6 Å². The molecule has 1 aliphatic heterocycles. The van der Waals surface area contributed by atoms with Crippen molar-refractivity contribution in [3.63, 3.8) is 0 Å². The average molecular weight is 354 g/mol. The van der Waals surface area contributed by atoms with E-state index in [-0.39, 0.29) is 5.92 Å². The van der Waals surface area contributed by atoms with Crippen molar-refractivity contribution < 1.29 is 0 Å². The van der Waals surface area contributed by atoms with E-state index >= 15 is 0 Å². The highest BCUT2D eigenvalue weighted by molar-refractivity contribution is 6.30. The van der Waals surface area contributed by atoms with Gasteiger partial charge in [-0.3, -0.25) is 0 Å². The SMILES string of the molecule is Clc1ccc2c(c1)C(c1ncnc3c1cnn3C1CCCCC1)CN2. The average Bonchev–Trinajstić information content (AvgIpc) is 3.26. The lowest BCUT2D eigenvalue weighted by Crippen LogP contribution is -2.14. The predicted molar refractivity (Wildman–Crippen MR) is 99.2 cm³/mol. The first-order valence-electron chi connectivity index (χ1n) is 9.02. The number of nitrogens with one attached hydrogen (secondary N) is 1. The molecule has 25 heavy (non-hydrogen) atoms. The maximum absolute atomic E-state index is 6.22. The number of benzene rings is 1. The summed E-state index contributed by atoms with van der Waals surface area (Å²) in [4.78, 5) is 9.19. The number of hydrogen-bond acceptors (Lipinski definition) is 4. The zero-order valence-corrected chi connectivity index (χ0v) is 14.7. The van der Waals surface area contributed by atoms with Crippen molar-refractivity contribution >= 4 is 28.3 Å². The number of rotatable bonds is 2. The van der Waals surface area contributed by atoms with Crippen LogP contribution in [-0.2, 0) is 0 Å². The fourth-order valence-electron chi connectivity index (χ4n) is 4.30. The summed E-state index contributed by atoms with van der Waals surface area (Å²) in [6, 6.07) is 6.48. The fraction of sp³-hybridized carbons (Fsp3) is 0.421. The molecule has 128 valence electrons. The number of fused-ring (bicyclic) bond motifs is 2. The molecule has 3 heterocycles. The number of anilines is 1. The zero-order chi connectivity index (χ0) is 16.8. The van der Waals surface area contributed by atoms with Gasteiger partial charge in [0.2, 0.25) is 0 Å². The van der Waals surface area contributed by atoms with Gasteiger partial charge in [0.15, 0.2) is 5.65 Å². The lowest BCUT2D eigenvalue weighted by atomic mass is 9.95. The molecule has 1 saturated carbocycles. The first-order chi connectivity index (χ1) is 12.3. The van der Waals surface area contributed by atoms with Crippen LogP contribution in [0.25, 0.3) is 11.0 Å². The van der Waals surface area contributed by atoms with Crippen molar-refractivity contribution in [2.24, 2.45) is 0 Å². The highest BCUT2D eigenvalue weighted by Gasteiger charge is 2.28. The van der Waals surface area contributed by atoms with Gasteiger partial charge in [-0.25, -0.2) is 14.6 Å². The molecule has 1 fully saturated rings. The Morgan fingerprint density at radius 2 is 2.00 bits per heavy atom. The number of nitrogens with zero attached hydrogens (tertiary/aromatic N) is 4. The van der Waals surface area contributed by atoms with Gasteiger partial charge in [0.1, 0.15) is 6.33 Å². The summed E-state index contributed by atoms with van der Waals surface area (Å²) in [7, 11) is 0. The minimum absolute atomic E-state index is 0.184. The second-order valence-corrected chi connectivity index (χ2v) is 7.48. The van der Waals surface area contributed by atoms with Crippen molar-refractivity contribution in [1.29, 1.82) is 0 Å². The Kier molecular flexibility index (Phi) is 3.63. The summed E-state index contributed by atoms with van der Waals surface area (Å²) < 4.78 is 2.13. The molecule has 3 aromatic rings. The Labute approximate surface area is 151 Å². The minimum atomic E-state index is 0.184. The largest absolute Gasteiger partial charge is 0.384 e. The molecule has 1 N–H and O–H groups in total. The Morgan fingerprint density at radius 3 is 2.88 bits per heavy atom. The molecule has 5 nitrogen and oxygen atoms in total. The van der Waals surface area contributed by atoms with Gasteiger partial charge in [-0.1, -0.05) is 30.9 Å². The number of aromatic nitrogens is 4. The smallest absolute Gasteiger partial charge is 0.161 e. The first kappa shape index (κ1) is 15.1. The predicted octanol–water partition coefficient (Wildman–Crippen LogP) is 4.54. The summed E-state index contributed by atoms with van der Waals surface area (Å²) in [6.45, 7) is 0.830. The van der Waals surface area contributed by atoms with Gasteiger partial charge in [0.25, 0.3) is 0 Å². The summed E-state index contributed by atoms with van der Waals surface area (Å²) in [5.41, 5.74) is 4.35. The molecule has 0 saturated heterocycles. The Morgan fingerprint density at radius 1 is 1.12 bits per heavy atom. The van der Waals surface area contributed by atoms with Gasteiger partial charge in [-0.15, -0.1) is 0 Å². The van der Waals surface area contributed by atoms with Crippen LogP contribution in [0.3, 0.4) is 0 Å². The van der Waals surface area contributed by atoms with Crippen LogP contribution in [0, 0.1) is 0 Å². The van der Waals surface area contributed by atoms with Crippen molar-refractivity contribution in [1.82, 2.24) is 19.7 Å². The Balaban J connectivity index is 1.60. The van der Waals surface area contributed by atoms with Crippen LogP contribution in [0.15, 0.2) is 30.7 Å². The third-order valence-corrected chi connectivity index (χ3v) is 5.79. The monoisotopic (exact) mass is 353 g/mol. The van der Waals surface area contributed by atoms with E-state index in [9.17, 15) is 0 Å². The third kappa shape index (κ3) is 2.49. The van der Waals surface area contributed by atoms with Crippen LogP contribution in [0.2, 0.25) is 5.02 Å². The number of halogens is 1. The fourth-order valence-corrected chi connectivity index (χ4v) is 4.48.